The van der Waals surface area contributed by atoms with Crippen LogP contribution in [0.2, 0.25) is 5.02 Å². The first kappa shape index (κ1) is 22.1. The van der Waals surface area contributed by atoms with Gasteiger partial charge in [0, 0.05) is 5.92 Å². The van der Waals surface area contributed by atoms with Gasteiger partial charge >= 0.3 is 6.18 Å². The number of nitrogens with one attached hydrogen (secondary N) is 1. The molecular weight excluding hydrogens is 453 g/mol. The van der Waals surface area contributed by atoms with E-state index in [9.17, 15) is 26.4 Å². The summed E-state index contributed by atoms with van der Waals surface area (Å²) in [6, 6.07) is 9.01. The Kier molecular flexibility index (Phi) is 5.34. The lowest BCUT2D eigenvalue weighted by atomic mass is 9.97. The molecule has 0 saturated heterocycles. The molecule has 2 aromatic carbocycles. The molecule has 0 aliphatic heterocycles. The maximum absolute atomic E-state index is 13.1. The number of rotatable bonds is 4. The maximum Gasteiger partial charge on any atom is 0.416 e. The summed E-state index contributed by atoms with van der Waals surface area (Å²) in [5.41, 5.74) is -0.149. The first-order chi connectivity index (χ1) is 14.4. The summed E-state index contributed by atoms with van der Waals surface area (Å²) in [6.45, 7) is 0. The highest BCUT2D eigenvalue weighted by molar-refractivity contribution is 7.89. The van der Waals surface area contributed by atoms with E-state index in [4.69, 9.17) is 16.7 Å². The lowest BCUT2D eigenvalue weighted by Crippen LogP contribution is -2.18. The monoisotopic (exact) mass is 472 g/mol. The third-order valence-electron chi connectivity index (χ3n) is 6.40. The van der Waals surface area contributed by atoms with Gasteiger partial charge in [-0.3, -0.25) is 4.79 Å². The number of hydrogen-bond acceptors (Lipinski definition) is 3. The molecular formula is C21H20ClF3N2O3S. The SMILES string of the molecule is NS(=O)(=O)c1ccc([C@@H]2[C@@H](C(=O)Nc3ccc(C(F)(F)F)cc3Cl)C23CCCC3)cc1. The van der Waals surface area contributed by atoms with Gasteiger partial charge in [-0.25, -0.2) is 13.6 Å². The molecule has 5 nitrogen and oxygen atoms in total. The second kappa shape index (κ2) is 7.50. The minimum atomic E-state index is -4.52. The van der Waals surface area contributed by atoms with Crippen molar-refractivity contribution in [3.8, 4) is 0 Å². The zero-order valence-corrected chi connectivity index (χ0v) is 17.8. The van der Waals surface area contributed by atoms with Crippen molar-refractivity contribution in [1.82, 2.24) is 0 Å². The number of benzene rings is 2. The molecule has 0 bridgehead atoms. The van der Waals surface area contributed by atoms with E-state index in [1.807, 2.05) is 0 Å². The van der Waals surface area contributed by atoms with Crippen LogP contribution in [0.3, 0.4) is 0 Å². The molecule has 1 amide bonds. The van der Waals surface area contributed by atoms with Crippen LogP contribution >= 0.6 is 11.6 Å². The van der Waals surface area contributed by atoms with Crippen molar-refractivity contribution in [2.24, 2.45) is 16.5 Å². The number of amides is 1. The predicted octanol–water partition coefficient (Wildman–Crippen LogP) is 4.92. The van der Waals surface area contributed by atoms with Gasteiger partial charge in [0.15, 0.2) is 0 Å². The van der Waals surface area contributed by atoms with Crippen molar-refractivity contribution in [2.75, 3.05) is 5.32 Å². The Balaban J connectivity index is 1.57. The molecule has 2 aliphatic carbocycles. The quantitative estimate of drug-likeness (QED) is 0.662. The number of primary sulfonamides is 1. The number of sulfonamides is 1. The Morgan fingerprint density at radius 3 is 2.23 bits per heavy atom. The van der Waals surface area contributed by atoms with E-state index >= 15 is 0 Å². The van der Waals surface area contributed by atoms with Crippen LogP contribution in [0.15, 0.2) is 47.4 Å². The summed E-state index contributed by atoms with van der Waals surface area (Å²) in [7, 11) is -3.82. The number of nitrogens with two attached hydrogens (primary N) is 1. The van der Waals surface area contributed by atoms with Gasteiger partial charge in [-0.1, -0.05) is 36.6 Å². The molecule has 10 heteroatoms. The van der Waals surface area contributed by atoms with Gasteiger partial charge in [0.1, 0.15) is 0 Å². The minimum Gasteiger partial charge on any atom is -0.324 e. The molecule has 3 N–H and O–H groups in total. The van der Waals surface area contributed by atoms with E-state index in [1.165, 1.54) is 12.1 Å². The zero-order valence-electron chi connectivity index (χ0n) is 16.2. The van der Waals surface area contributed by atoms with Crippen LogP contribution in [0, 0.1) is 11.3 Å². The summed E-state index contributed by atoms with van der Waals surface area (Å²) in [4.78, 5) is 13.1. The van der Waals surface area contributed by atoms with Crippen LogP contribution in [-0.2, 0) is 21.0 Å². The highest BCUT2D eigenvalue weighted by Crippen LogP contribution is 2.72. The van der Waals surface area contributed by atoms with E-state index in [-0.39, 0.29) is 38.8 Å². The third kappa shape index (κ3) is 4.06. The zero-order chi connectivity index (χ0) is 22.6. The number of carbonyl (C=O) groups excluding carboxylic acids is 1. The van der Waals surface area contributed by atoms with Crippen molar-refractivity contribution in [1.29, 1.82) is 0 Å². The number of anilines is 1. The van der Waals surface area contributed by atoms with Crippen LogP contribution in [0.25, 0.3) is 0 Å². The van der Waals surface area contributed by atoms with Crippen LogP contribution in [-0.4, -0.2) is 14.3 Å². The normalized spacial score (nSPS) is 22.5. The van der Waals surface area contributed by atoms with Crippen LogP contribution < -0.4 is 10.5 Å². The van der Waals surface area contributed by atoms with E-state index in [0.29, 0.717) is 0 Å². The van der Waals surface area contributed by atoms with Gasteiger partial charge < -0.3 is 5.32 Å². The lowest BCUT2D eigenvalue weighted by Gasteiger charge is -2.12. The molecule has 0 heterocycles. The van der Waals surface area contributed by atoms with E-state index in [1.54, 1.807) is 12.1 Å². The summed E-state index contributed by atoms with van der Waals surface area (Å²) >= 11 is 5.99. The van der Waals surface area contributed by atoms with E-state index in [2.05, 4.69) is 5.32 Å². The van der Waals surface area contributed by atoms with Gasteiger partial charge in [-0.05, 0) is 54.2 Å². The molecule has 0 aromatic heterocycles. The third-order valence-corrected chi connectivity index (χ3v) is 7.64. The molecule has 2 aromatic rings. The second-order valence-corrected chi connectivity index (χ2v) is 10.2. The Bertz CT molecular complexity index is 1130. The fourth-order valence-corrected chi connectivity index (χ4v) is 5.69. The molecule has 31 heavy (non-hydrogen) atoms. The Labute approximate surface area is 182 Å². The maximum atomic E-state index is 13.1. The van der Waals surface area contributed by atoms with Crippen molar-refractivity contribution >= 4 is 33.2 Å². The number of hydrogen-bond donors (Lipinski definition) is 2. The first-order valence-electron chi connectivity index (χ1n) is 9.74. The van der Waals surface area contributed by atoms with Gasteiger partial charge in [0.2, 0.25) is 15.9 Å². The van der Waals surface area contributed by atoms with Gasteiger partial charge in [-0.15, -0.1) is 0 Å². The van der Waals surface area contributed by atoms with Gasteiger partial charge in [0.05, 0.1) is 27.1 Å². The number of halogens is 4. The average Bonchev–Trinajstić information content (AvgIpc) is 3.05. The van der Waals surface area contributed by atoms with Gasteiger partial charge in [0.25, 0.3) is 0 Å². The predicted molar refractivity (Wildman–Crippen MR) is 110 cm³/mol. The highest BCUT2D eigenvalue weighted by atomic mass is 35.5. The van der Waals surface area contributed by atoms with Crippen LogP contribution in [0.5, 0.6) is 0 Å². The standard InChI is InChI=1S/C21H20ClF3N2O3S/c22-15-11-13(21(23,24)25)5-8-16(15)27-19(28)18-17(20(18)9-1-2-10-20)12-3-6-14(7-4-12)31(26,29)30/h3-8,11,17-18H,1-2,9-10H2,(H,27,28)(H2,26,29,30)/t17-,18+/m1/s1. The van der Waals surface area contributed by atoms with Crippen LogP contribution in [0.4, 0.5) is 18.9 Å². The highest BCUT2D eigenvalue weighted by Gasteiger charge is 2.68. The fraction of sp³-hybridized carbons (Fsp3) is 0.381. The molecule has 4 rings (SSSR count). The summed E-state index contributed by atoms with van der Waals surface area (Å²) in [6.07, 6.45) is -0.848. The fourth-order valence-electron chi connectivity index (χ4n) is 4.95. The second-order valence-electron chi connectivity index (χ2n) is 8.19. The molecule has 2 saturated carbocycles. The molecule has 0 radical (unpaired) electrons. The van der Waals surface area contributed by atoms with Crippen molar-refractivity contribution in [3.05, 3.63) is 58.6 Å². The molecule has 2 fully saturated rings. The largest absolute Gasteiger partial charge is 0.416 e. The minimum absolute atomic E-state index is 0.00471. The Morgan fingerprint density at radius 1 is 1.10 bits per heavy atom. The molecule has 2 atom stereocenters. The van der Waals surface area contributed by atoms with Gasteiger partial charge in [-0.2, -0.15) is 13.2 Å². The van der Waals surface area contributed by atoms with Crippen molar-refractivity contribution < 1.29 is 26.4 Å². The number of alkyl halides is 3. The average molecular weight is 473 g/mol. The lowest BCUT2D eigenvalue weighted by molar-refractivity contribution is -0.137. The van der Waals surface area contributed by atoms with Crippen LogP contribution in [0.1, 0.15) is 42.7 Å². The summed E-state index contributed by atoms with van der Waals surface area (Å²) < 4.78 is 61.6. The topological polar surface area (TPSA) is 89.3 Å². The molecule has 2 aliphatic rings. The van der Waals surface area contributed by atoms with E-state index < -0.39 is 21.8 Å². The van der Waals surface area contributed by atoms with Crippen molar-refractivity contribution in [2.45, 2.75) is 42.7 Å². The van der Waals surface area contributed by atoms with Crippen molar-refractivity contribution in [3.63, 3.8) is 0 Å². The molecule has 166 valence electrons. The molecule has 1 spiro atoms. The summed E-state index contributed by atoms with van der Waals surface area (Å²) in [5, 5.41) is 7.65. The Hall–Kier alpha value is -2.10. The smallest absolute Gasteiger partial charge is 0.324 e. The first-order valence-corrected chi connectivity index (χ1v) is 11.7. The summed E-state index contributed by atoms with van der Waals surface area (Å²) in [5.74, 6) is -0.768. The Morgan fingerprint density at radius 2 is 1.71 bits per heavy atom. The molecule has 0 unspecified atom stereocenters. The van der Waals surface area contributed by atoms with E-state index in [0.717, 1.165) is 49.4 Å². The number of carbonyl (C=O) groups is 1.